The lowest BCUT2D eigenvalue weighted by Crippen LogP contribution is -2.42. The second kappa shape index (κ2) is 5.87. The Hall–Kier alpha value is -1.50. The van der Waals surface area contributed by atoms with Crippen LogP contribution < -0.4 is 5.32 Å². The molecule has 0 saturated carbocycles. The van der Waals surface area contributed by atoms with Gasteiger partial charge in [-0.3, -0.25) is 9.59 Å². The average Bonchev–Trinajstić information content (AvgIpc) is 2.52. The maximum absolute atomic E-state index is 13.9. The summed E-state index contributed by atoms with van der Waals surface area (Å²) in [6, 6.07) is 1.72. The van der Waals surface area contributed by atoms with Gasteiger partial charge in [-0.05, 0) is 35.0 Å². The molecule has 1 aromatic carbocycles. The van der Waals surface area contributed by atoms with Gasteiger partial charge in [0.2, 0.25) is 11.8 Å². The minimum Gasteiger partial charge on any atom is -0.345 e. The van der Waals surface area contributed by atoms with Crippen LogP contribution in [0, 0.1) is 11.6 Å². The number of nitrogens with zero attached hydrogens (tertiary/aromatic N) is 1. The predicted octanol–water partition coefficient (Wildman–Crippen LogP) is 1.96. The van der Waals surface area contributed by atoms with Gasteiger partial charge in [-0.15, -0.1) is 0 Å². The fourth-order valence-corrected chi connectivity index (χ4v) is 2.43. The molecule has 108 valence electrons. The molecule has 0 bridgehead atoms. The molecule has 1 fully saturated rings. The Labute approximate surface area is 123 Å². The molecular weight excluding hydrogens is 334 g/mol. The standard InChI is InChI=1S/C13H13BrF2N2O2/c1-7-13(20)18(5-4-11(19)17-7)6-8-10(15)3-2-9(14)12(8)16/h2-3,7H,4-6H2,1H3,(H,17,19). The van der Waals surface area contributed by atoms with Gasteiger partial charge in [0.05, 0.1) is 11.0 Å². The van der Waals surface area contributed by atoms with E-state index in [9.17, 15) is 18.4 Å². The number of halogens is 3. The number of benzene rings is 1. The highest BCUT2D eigenvalue weighted by atomic mass is 79.9. The quantitative estimate of drug-likeness (QED) is 0.832. The van der Waals surface area contributed by atoms with Gasteiger partial charge in [-0.2, -0.15) is 0 Å². The predicted molar refractivity (Wildman–Crippen MR) is 71.7 cm³/mol. The van der Waals surface area contributed by atoms with Crippen molar-refractivity contribution in [1.82, 2.24) is 10.2 Å². The third-order valence-electron chi connectivity index (χ3n) is 3.16. The molecule has 1 aliphatic heterocycles. The second-order valence-corrected chi connectivity index (χ2v) is 5.48. The van der Waals surface area contributed by atoms with E-state index in [-0.39, 0.29) is 41.4 Å². The van der Waals surface area contributed by atoms with E-state index in [4.69, 9.17) is 0 Å². The van der Waals surface area contributed by atoms with Crippen LogP contribution in [0.5, 0.6) is 0 Å². The van der Waals surface area contributed by atoms with Crippen molar-refractivity contribution in [2.75, 3.05) is 6.54 Å². The fourth-order valence-electron chi connectivity index (χ4n) is 2.06. The highest BCUT2D eigenvalue weighted by Crippen LogP contribution is 2.23. The SMILES string of the molecule is CC1NC(=O)CCN(Cc2c(F)ccc(Br)c2F)C1=O. The van der Waals surface area contributed by atoms with Gasteiger partial charge in [0.1, 0.15) is 17.7 Å². The zero-order valence-electron chi connectivity index (χ0n) is 10.8. The molecule has 0 aliphatic carbocycles. The molecule has 1 heterocycles. The van der Waals surface area contributed by atoms with Crippen LogP contribution in [0.25, 0.3) is 0 Å². The molecule has 0 spiro atoms. The molecule has 2 amide bonds. The van der Waals surface area contributed by atoms with Gasteiger partial charge in [0, 0.05) is 18.5 Å². The summed E-state index contributed by atoms with van der Waals surface area (Å²) in [5.74, 6) is -2.04. The Morgan fingerprint density at radius 3 is 2.80 bits per heavy atom. The smallest absolute Gasteiger partial charge is 0.245 e. The molecule has 1 aromatic rings. The Bertz CT molecular complexity index is 566. The van der Waals surface area contributed by atoms with E-state index in [1.165, 1.54) is 11.0 Å². The third kappa shape index (κ3) is 2.98. The second-order valence-electron chi connectivity index (χ2n) is 4.62. The largest absolute Gasteiger partial charge is 0.345 e. The first-order valence-electron chi connectivity index (χ1n) is 6.10. The summed E-state index contributed by atoms with van der Waals surface area (Å²) < 4.78 is 27.8. The van der Waals surface area contributed by atoms with Crippen molar-refractivity contribution in [2.24, 2.45) is 0 Å². The Morgan fingerprint density at radius 1 is 1.40 bits per heavy atom. The van der Waals surface area contributed by atoms with Crippen molar-refractivity contribution in [2.45, 2.75) is 25.9 Å². The maximum atomic E-state index is 13.9. The highest BCUT2D eigenvalue weighted by Gasteiger charge is 2.28. The summed E-state index contributed by atoms with van der Waals surface area (Å²) >= 11 is 2.99. The molecule has 1 saturated heterocycles. The van der Waals surface area contributed by atoms with Crippen molar-refractivity contribution < 1.29 is 18.4 Å². The molecule has 7 heteroatoms. The Balaban J connectivity index is 2.27. The van der Waals surface area contributed by atoms with Crippen LogP contribution >= 0.6 is 15.9 Å². The zero-order chi connectivity index (χ0) is 14.9. The summed E-state index contributed by atoms with van der Waals surface area (Å²) in [4.78, 5) is 24.7. The molecular formula is C13H13BrF2N2O2. The summed E-state index contributed by atoms with van der Waals surface area (Å²) in [5.41, 5.74) is -0.186. The van der Waals surface area contributed by atoms with Crippen molar-refractivity contribution >= 4 is 27.7 Å². The minimum atomic E-state index is -0.728. The molecule has 4 nitrogen and oxygen atoms in total. The molecule has 0 aromatic heterocycles. The number of nitrogens with one attached hydrogen (secondary N) is 1. The summed E-state index contributed by atoms with van der Waals surface area (Å²) in [6.45, 7) is 1.49. The lowest BCUT2D eigenvalue weighted by Gasteiger charge is -2.23. The summed E-state index contributed by atoms with van der Waals surface area (Å²) in [7, 11) is 0. The van der Waals surface area contributed by atoms with Gasteiger partial charge in [-0.25, -0.2) is 8.78 Å². The first-order chi connectivity index (χ1) is 9.40. The van der Waals surface area contributed by atoms with E-state index in [1.54, 1.807) is 6.92 Å². The molecule has 0 radical (unpaired) electrons. The van der Waals surface area contributed by atoms with E-state index in [0.29, 0.717) is 0 Å². The fraction of sp³-hybridized carbons (Fsp3) is 0.385. The Morgan fingerprint density at radius 2 is 2.10 bits per heavy atom. The monoisotopic (exact) mass is 346 g/mol. The van der Waals surface area contributed by atoms with Gasteiger partial charge >= 0.3 is 0 Å². The van der Waals surface area contributed by atoms with Crippen LogP contribution in [0.3, 0.4) is 0 Å². The molecule has 1 N–H and O–H groups in total. The average molecular weight is 347 g/mol. The highest BCUT2D eigenvalue weighted by molar-refractivity contribution is 9.10. The van der Waals surface area contributed by atoms with Gasteiger partial charge in [-0.1, -0.05) is 0 Å². The third-order valence-corrected chi connectivity index (χ3v) is 3.77. The zero-order valence-corrected chi connectivity index (χ0v) is 12.3. The molecule has 1 aliphatic rings. The first-order valence-corrected chi connectivity index (χ1v) is 6.90. The number of hydrogen-bond acceptors (Lipinski definition) is 2. The minimum absolute atomic E-state index is 0.118. The van der Waals surface area contributed by atoms with Crippen LogP contribution in [0.1, 0.15) is 18.9 Å². The number of amides is 2. The first kappa shape index (κ1) is 14.9. The van der Waals surface area contributed by atoms with Gasteiger partial charge in [0.25, 0.3) is 0 Å². The number of carbonyl (C=O) groups is 2. The van der Waals surface area contributed by atoms with E-state index < -0.39 is 17.7 Å². The van der Waals surface area contributed by atoms with E-state index in [1.807, 2.05) is 0 Å². The van der Waals surface area contributed by atoms with Crippen LogP contribution in [-0.4, -0.2) is 29.3 Å². The van der Waals surface area contributed by atoms with Crippen LogP contribution in [0.2, 0.25) is 0 Å². The lowest BCUT2D eigenvalue weighted by molar-refractivity contribution is -0.133. The summed E-state index contributed by atoms with van der Waals surface area (Å²) in [5, 5.41) is 2.52. The van der Waals surface area contributed by atoms with Crippen molar-refractivity contribution in [3.05, 3.63) is 33.8 Å². The number of rotatable bonds is 2. The van der Waals surface area contributed by atoms with Crippen LogP contribution in [0.15, 0.2) is 16.6 Å². The van der Waals surface area contributed by atoms with Gasteiger partial charge in [0.15, 0.2) is 0 Å². The molecule has 20 heavy (non-hydrogen) atoms. The summed E-state index contributed by atoms with van der Waals surface area (Å²) in [6.07, 6.45) is 0.118. The van der Waals surface area contributed by atoms with Crippen LogP contribution in [-0.2, 0) is 16.1 Å². The maximum Gasteiger partial charge on any atom is 0.245 e. The molecule has 2 rings (SSSR count). The lowest BCUT2D eigenvalue weighted by atomic mass is 10.1. The number of carbonyl (C=O) groups excluding carboxylic acids is 2. The Kier molecular flexibility index (Phi) is 4.37. The molecule has 1 atom stereocenters. The normalized spacial score (nSPS) is 19.8. The van der Waals surface area contributed by atoms with Crippen LogP contribution in [0.4, 0.5) is 8.78 Å². The topological polar surface area (TPSA) is 49.4 Å². The molecule has 1 unspecified atom stereocenters. The van der Waals surface area contributed by atoms with Crippen molar-refractivity contribution in [1.29, 1.82) is 0 Å². The van der Waals surface area contributed by atoms with Crippen molar-refractivity contribution in [3.63, 3.8) is 0 Å². The van der Waals surface area contributed by atoms with Crippen molar-refractivity contribution in [3.8, 4) is 0 Å². The number of hydrogen-bond donors (Lipinski definition) is 1. The van der Waals surface area contributed by atoms with E-state index >= 15 is 0 Å². The van der Waals surface area contributed by atoms with E-state index in [0.717, 1.165) is 6.07 Å². The van der Waals surface area contributed by atoms with E-state index in [2.05, 4.69) is 21.2 Å². The van der Waals surface area contributed by atoms with Gasteiger partial charge < -0.3 is 10.2 Å².